The van der Waals surface area contributed by atoms with Crippen molar-refractivity contribution in [1.29, 1.82) is 0 Å². The Labute approximate surface area is 233 Å². The van der Waals surface area contributed by atoms with E-state index in [0.29, 0.717) is 24.7 Å². The van der Waals surface area contributed by atoms with Gasteiger partial charge in [-0.15, -0.1) is 0 Å². The summed E-state index contributed by atoms with van der Waals surface area (Å²) in [6.45, 7) is 5.87. The molecule has 0 aliphatic rings. The van der Waals surface area contributed by atoms with E-state index in [1.54, 1.807) is 0 Å². The third-order valence-corrected chi connectivity index (χ3v) is 10.9. The van der Waals surface area contributed by atoms with E-state index < -0.39 is 7.28 Å². The van der Waals surface area contributed by atoms with Gasteiger partial charge in [0.2, 0.25) is 0 Å². The topological polar surface area (TPSA) is 79.2 Å². The Morgan fingerprint density at radius 3 is 1.03 bits per heavy atom. The fourth-order valence-electron chi connectivity index (χ4n) is 4.09. The van der Waals surface area contributed by atoms with Crippen molar-refractivity contribution in [2.75, 3.05) is 37.0 Å². The van der Waals surface area contributed by atoms with Gasteiger partial charge >= 0.3 is 181 Å². The molecule has 0 amide bonds. The second kappa shape index (κ2) is 26.2. The van der Waals surface area contributed by atoms with Crippen LogP contribution in [0.4, 0.5) is 0 Å². The number of rotatable bonds is 30. The van der Waals surface area contributed by atoms with Gasteiger partial charge in [0.1, 0.15) is 0 Å². The van der Waals surface area contributed by atoms with E-state index in [0.717, 1.165) is 12.8 Å². The normalized spacial score (nSPS) is 13.2. The van der Waals surface area contributed by atoms with E-state index in [1.807, 2.05) is 0 Å². The van der Waals surface area contributed by atoms with Gasteiger partial charge in [-0.3, -0.25) is 0 Å². The van der Waals surface area contributed by atoms with Crippen LogP contribution in [0, 0.1) is 0 Å². The molecule has 0 atom stereocenters. The smallest absolute Gasteiger partial charge is 0.0654 e. The molecule has 5 nitrogen and oxygen atoms in total. The summed E-state index contributed by atoms with van der Waals surface area (Å²) in [5.41, 5.74) is 0. The predicted octanol–water partition coefficient (Wildman–Crippen LogP) is 9.43. The molecular formula is C28H61O5PS2. The molecule has 0 aromatic carbocycles. The van der Waals surface area contributed by atoms with Crippen LogP contribution in [-0.4, -0.2) is 51.7 Å². The van der Waals surface area contributed by atoms with Gasteiger partial charge in [0.15, 0.2) is 0 Å². The monoisotopic (exact) mass is 572 g/mol. The van der Waals surface area contributed by atoms with Gasteiger partial charge in [0, 0.05) is 0 Å². The molecule has 0 heterocycles. The molecule has 0 aliphatic heterocycles. The van der Waals surface area contributed by atoms with Crippen LogP contribution in [0.2, 0.25) is 0 Å². The van der Waals surface area contributed by atoms with Crippen molar-refractivity contribution in [3.63, 3.8) is 0 Å². The molecule has 0 unspecified atom stereocenters. The van der Waals surface area contributed by atoms with Gasteiger partial charge in [-0.05, 0) is 0 Å². The Morgan fingerprint density at radius 2 is 0.722 bits per heavy atom. The van der Waals surface area contributed by atoms with Crippen LogP contribution in [0.15, 0.2) is 0 Å². The molecule has 0 aromatic rings. The average molecular weight is 573 g/mol. The van der Waals surface area contributed by atoms with Crippen LogP contribution < -0.4 is 0 Å². The van der Waals surface area contributed by atoms with E-state index in [1.165, 1.54) is 140 Å². The van der Waals surface area contributed by atoms with E-state index in [9.17, 15) is 14.7 Å². The Hall–Kier alpha value is 0.930. The maximum absolute atomic E-state index is 10.3. The fourth-order valence-corrected chi connectivity index (χ4v) is 8.61. The van der Waals surface area contributed by atoms with Crippen molar-refractivity contribution in [2.24, 2.45) is 0 Å². The van der Waals surface area contributed by atoms with Crippen LogP contribution >= 0.6 is 31.4 Å². The summed E-state index contributed by atoms with van der Waals surface area (Å²) < 4.78 is 11.1. The summed E-state index contributed by atoms with van der Waals surface area (Å²) >= 11 is 2.47. The summed E-state index contributed by atoms with van der Waals surface area (Å²) in [6.07, 6.45) is 25.9. The van der Waals surface area contributed by atoms with Crippen LogP contribution in [-0.2, 0) is 8.37 Å². The molecular weight excluding hydrogens is 511 g/mol. The third-order valence-electron chi connectivity index (χ3n) is 6.59. The molecule has 3 N–H and O–H groups in total. The molecule has 0 bridgehead atoms. The molecule has 0 saturated heterocycles. The summed E-state index contributed by atoms with van der Waals surface area (Å²) in [5.74, 6) is 0.784. The Bertz CT molecular complexity index is 413. The second-order valence-corrected chi connectivity index (χ2v) is 15.8. The number of hydrogen-bond acceptors (Lipinski definition) is 7. The molecule has 0 rings (SSSR count). The zero-order valence-corrected chi connectivity index (χ0v) is 26.3. The standard InChI is InChI=1S/C28H61O5PS2/c1-3-5-7-9-11-13-15-17-19-21-23-32-35-27-25-34(29,30,31)26-28-36-33-24-22-20-18-16-14-12-10-8-6-4-2/h29-31H,3-28H2,1-2H3. The molecule has 0 spiro atoms. The van der Waals surface area contributed by atoms with Crippen molar-refractivity contribution in [3.8, 4) is 0 Å². The van der Waals surface area contributed by atoms with Crippen LogP contribution in [0.5, 0.6) is 0 Å². The average Bonchev–Trinajstić information content (AvgIpc) is 2.84. The summed E-state index contributed by atoms with van der Waals surface area (Å²) in [5, 5.41) is 0. The van der Waals surface area contributed by atoms with Gasteiger partial charge in [-0.1, -0.05) is 52.4 Å². The van der Waals surface area contributed by atoms with Gasteiger partial charge < -0.3 is 0 Å². The second-order valence-electron chi connectivity index (χ2n) is 10.4. The maximum atomic E-state index is 10.3. The first-order chi connectivity index (χ1) is 17.4. The molecule has 0 saturated carbocycles. The summed E-state index contributed by atoms with van der Waals surface area (Å²) in [4.78, 5) is 30.8. The fraction of sp³-hybridized carbons (Fsp3) is 1.00. The Kier molecular flexibility index (Phi) is 26.8. The zero-order chi connectivity index (χ0) is 26.7. The first kappa shape index (κ1) is 36.9. The SMILES string of the molecule is CCCCCCCCCCCCOSCCP(O)(O)(O)CCSOCCCCCCCCCCCC. The van der Waals surface area contributed by atoms with E-state index >= 15 is 0 Å². The minimum atomic E-state index is -4.58. The first-order valence-corrected chi connectivity index (χ1v) is 19.4. The van der Waals surface area contributed by atoms with Crippen LogP contribution in [0.3, 0.4) is 0 Å². The molecule has 36 heavy (non-hydrogen) atoms. The van der Waals surface area contributed by atoms with Crippen molar-refractivity contribution >= 4 is 31.4 Å². The quantitative estimate of drug-likeness (QED) is 0.0449. The van der Waals surface area contributed by atoms with Crippen LogP contribution in [0.25, 0.3) is 0 Å². The molecule has 0 fully saturated rings. The molecule has 0 aromatic heterocycles. The Balaban J connectivity index is 3.43. The summed E-state index contributed by atoms with van der Waals surface area (Å²) in [6, 6.07) is 0. The van der Waals surface area contributed by atoms with Crippen molar-refractivity contribution in [2.45, 2.75) is 142 Å². The molecule has 0 radical (unpaired) electrons. The van der Waals surface area contributed by atoms with E-state index in [2.05, 4.69) is 13.8 Å². The Morgan fingerprint density at radius 1 is 0.444 bits per heavy atom. The number of hydrogen-bond donors (Lipinski definition) is 3. The number of unbranched alkanes of at least 4 members (excludes halogenated alkanes) is 18. The van der Waals surface area contributed by atoms with Crippen molar-refractivity contribution in [3.05, 3.63) is 0 Å². The van der Waals surface area contributed by atoms with Gasteiger partial charge in [0.05, 0.1) is 0 Å². The predicted molar refractivity (Wildman–Crippen MR) is 164 cm³/mol. The van der Waals surface area contributed by atoms with E-state index in [4.69, 9.17) is 8.37 Å². The minimum absolute atomic E-state index is 0.0205. The van der Waals surface area contributed by atoms with Crippen molar-refractivity contribution < 1.29 is 23.0 Å². The third kappa shape index (κ3) is 29.5. The van der Waals surface area contributed by atoms with E-state index in [-0.39, 0.29) is 12.3 Å². The molecule has 220 valence electrons. The minimum Gasteiger partial charge on any atom is -0.0654 e. The van der Waals surface area contributed by atoms with Crippen LogP contribution in [0.1, 0.15) is 142 Å². The molecule has 8 heteroatoms. The van der Waals surface area contributed by atoms with Gasteiger partial charge in [0.25, 0.3) is 0 Å². The molecule has 0 aliphatic carbocycles. The zero-order valence-electron chi connectivity index (χ0n) is 23.8. The van der Waals surface area contributed by atoms with Crippen molar-refractivity contribution in [1.82, 2.24) is 0 Å². The van der Waals surface area contributed by atoms with Gasteiger partial charge in [-0.2, -0.15) is 0 Å². The summed E-state index contributed by atoms with van der Waals surface area (Å²) in [7, 11) is -4.58. The first-order valence-electron chi connectivity index (χ1n) is 15.1. The van der Waals surface area contributed by atoms with Gasteiger partial charge in [-0.25, -0.2) is 0 Å².